The zero-order valence-corrected chi connectivity index (χ0v) is 14.6. The number of benzene rings is 1. The molecule has 0 unspecified atom stereocenters. The second kappa shape index (κ2) is 6.78. The van der Waals surface area contributed by atoms with Crippen molar-refractivity contribution in [2.24, 2.45) is 0 Å². The Morgan fingerprint density at radius 3 is 3.08 bits per heavy atom. The van der Waals surface area contributed by atoms with Gasteiger partial charge in [0.1, 0.15) is 6.10 Å². The number of hydrogen-bond acceptors (Lipinski definition) is 5. The summed E-state index contributed by atoms with van der Waals surface area (Å²) < 4.78 is 12.3. The standard InChI is InChI=1S/C18H22N2O3S/c1-11(23-10-14-3-2-8-22-14)17(21)19-13-6-7-15-16(9-13)24-18(20-15)12-4-5-12/h6-7,9,11-12,14H,2-5,8,10H2,1H3,(H,19,21)/t11-,14-/m1/s1. The fourth-order valence-corrected chi connectivity index (χ4v) is 4.05. The molecule has 1 saturated heterocycles. The Balaban J connectivity index is 1.36. The molecule has 2 fully saturated rings. The normalized spacial score (nSPS) is 22.0. The minimum atomic E-state index is -0.492. The number of carbonyl (C=O) groups excluding carboxylic acids is 1. The lowest BCUT2D eigenvalue weighted by Gasteiger charge is -2.16. The fourth-order valence-electron chi connectivity index (χ4n) is 2.87. The molecule has 1 aliphatic heterocycles. The molecule has 1 aromatic carbocycles. The number of ether oxygens (including phenoxy) is 2. The van der Waals surface area contributed by atoms with Gasteiger partial charge in [-0.1, -0.05) is 0 Å². The van der Waals surface area contributed by atoms with E-state index in [0.717, 1.165) is 35.4 Å². The van der Waals surface area contributed by atoms with Crippen molar-refractivity contribution in [3.63, 3.8) is 0 Å². The Morgan fingerprint density at radius 2 is 2.33 bits per heavy atom. The zero-order chi connectivity index (χ0) is 16.5. The molecule has 128 valence electrons. The molecule has 4 rings (SSSR count). The molecule has 1 N–H and O–H groups in total. The molecule has 1 aromatic heterocycles. The maximum absolute atomic E-state index is 12.3. The van der Waals surface area contributed by atoms with Crippen molar-refractivity contribution in [2.45, 2.75) is 50.7 Å². The SMILES string of the molecule is C[C@@H](OC[C@H]1CCCO1)C(=O)Nc1ccc2nc(C3CC3)sc2c1. The minimum Gasteiger partial charge on any atom is -0.376 e. The van der Waals surface area contributed by atoms with Crippen molar-refractivity contribution in [1.29, 1.82) is 0 Å². The van der Waals surface area contributed by atoms with E-state index in [4.69, 9.17) is 9.47 Å². The van der Waals surface area contributed by atoms with E-state index in [0.29, 0.717) is 12.5 Å². The van der Waals surface area contributed by atoms with Crippen molar-refractivity contribution in [3.8, 4) is 0 Å². The molecule has 1 amide bonds. The summed E-state index contributed by atoms with van der Waals surface area (Å²) in [6, 6.07) is 5.89. The third kappa shape index (κ3) is 3.61. The molecule has 1 saturated carbocycles. The molecule has 2 heterocycles. The molecule has 5 nitrogen and oxygen atoms in total. The van der Waals surface area contributed by atoms with Crippen LogP contribution in [-0.4, -0.2) is 36.3 Å². The number of rotatable bonds is 6. The van der Waals surface area contributed by atoms with E-state index < -0.39 is 6.10 Å². The second-order valence-electron chi connectivity index (χ2n) is 6.61. The van der Waals surface area contributed by atoms with E-state index in [-0.39, 0.29) is 12.0 Å². The molecule has 2 atom stereocenters. The van der Waals surface area contributed by atoms with Gasteiger partial charge in [-0.2, -0.15) is 0 Å². The molecule has 6 heteroatoms. The number of thiazole rings is 1. The molecule has 2 aliphatic rings. The highest BCUT2D eigenvalue weighted by molar-refractivity contribution is 7.18. The quantitative estimate of drug-likeness (QED) is 0.866. The van der Waals surface area contributed by atoms with Gasteiger partial charge in [-0.3, -0.25) is 4.79 Å². The molecule has 2 aromatic rings. The van der Waals surface area contributed by atoms with E-state index >= 15 is 0 Å². The predicted molar refractivity (Wildman–Crippen MR) is 94.6 cm³/mol. The van der Waals surface area contributed by atoms with Crippen LogP contribution in [0.3, 0.4) is 0 Å². The fraction of sp³-hybridized carbons (Fsp3) is 0.556. The highest BCUT2D eigenvalue weighted by Gasteiger charge is 2.27. The lowest BCUT2D eigenvalue weighted by Crippen LogP contribution is -2.30. The van der Waals surface area contributed by atoms with E-state index in [1.807, 2.05) is 18.2 Å². The van der Waals surface area contributed by atoms with Crippen LogP contribution >= 0.6 is 11.3 Å². The number of carbonyl (C=O) groups is 1. The van der Waals surface area contributed by atoms with Crippen molar-refractivity contribution < 1.29 is 14.3 Å². The van der Waals surface area contributed by atoms with Crippen LogP contribution in [0.15, 0.2) is 18.2 Å². The Bertz CT molecular complexity index is 735. The summed E-state index contributed by atoms with van der Waals surface area (Å²) in [6.45, 7) is 3.06. The summed E-state index contributed by atoms with van der Waals surface area (Å²) in [6.07, 6.45) is 4.24. The van der Waals surface area contributed by atoms with Crippen molar-refractivity contribution >= 4 is 33.1 Å². The summed E-state index contributed by atoms with van der Waals surface area (Å²) in [4.78, 5) is 17.0. The summed E-state index contributed by atoms with van der Waals surface area (Å²) in [5, 5.41) is 4.16. The second-order valence-corrected chi connectivity index (χ2v) is 7.67. The summed E-state index contributed by atoms with van der Waals surface area (Å²) >= 11 is 1.73. The molecular weight excluding hydrogens is 324 g/mol. The minimum absolute atomic E-state index is 0.126. The van der Waals surface area contributed by atoms with Crippen molar-refractivity contribution in [2.75, 3.05) is 18.5 Å². The Morgan fingerprint density at radius 1 is 1.46 bits per heavy atom. The monoisotopic (exact) mass is 346 g/mol. The number of nitrogens with one attached hydrogen (secondary N) is 1. The summed E-state index contributed by atoms with van der Waals surface area (Å²) in [5.41, 5.74) is 1.81. The Kier molecular flexibility index (Phi) is 4.52. The molecule has 0 radical (unpaired) electrons. The number of aromatic nitrogens is 1. The highest BCUT2D eigenvalue weighted by atomic mass is 32.1. The van der Waals surface area contributed by atoms with Gasteiger partial charge in [0, 0.05) is 18.2 Å². The van der Waals surface area contributed by atoms with Gasteiger partial charge in [-0.15, -0.1) is 11.3 Å². The topological polar surface area (TPSA) is 60.5 Å². The van der Waals surface area contributed by atoms with Crippen LogP contribution in [0.2, 0.25) is 0 Å². The van der Waals surface area contributed by atoms with Gasteiger partial charge in [0.25, 0.3) is 5.91 Å². The van der Waals surface area contributed by atoms with Gasteiger partial charge in [-0.25, -0.2) is 4.98 Å². The average molecular weight is 346 g/mol. The summed E-state index contributed by atoms with van der Waals surface area (Å²) in [7, 11) is 0. The Labute approximate surface area is 145 Å². The van der Waals surface area contributed by atoms with E-state index in [2.05, 4.69) is 10.3 Å². The van der Waals surface area contributed by atoms with Crippen LogP contribution in [0.25, 0.3) is 10.2 Å². The first-order chi connectivity index (χ1) is 11.7. The van der Waals surface area contributed by atoms with Crippen LogP contribution < -0.4 is 5.32 Å². The largest absolute Gasteiger partial charge is 0.376 e. The Hall–Kier alpha value is -1.50. The van der Waals surface area contributed by atoms with Gasteiger partial charge in [0.2, 0.25) is 0 Å². The first kappa shape index (κ1) is 16.0. The first-order valence-corrected chi connectivity index (χ1v) is 9.45. The third-order valence-electron chi connectivity index (χ3n) is 4.52. The average Bonchev–Trinajstić information content (AvgIpc) is 3.14. The van der Waals surface area contributed by atoms with Crippen molar-refractivity contribution in [1.82, 2.24) is 4.98 Å². The number of nitrogens with zero attached hydrogens (tertiary/aromatic N) is 1. The van der Waals surface area contributed by atoms with Gasteiger partial charge < -0.3 is 14.8 Å². The third-order valence-corrected chi connectivity index (χ3v) is 5.71. The predicted octanol–water partition coefficient (Wildman–Crippen LogP) is 3.70. The van der Waals surface area contributed by atoms with Gasteiger partial charge in [-0.05, 0) is 50.8 Å². The lowest BCUT2D eigenvalue weighted by molar-refractivity contribution is -0.128. The van der Waals surface area contributed by atoms with Gasteiger partial charge in [0.15, 0.2) is 0 Å². The first-order valence-electron chi connectivity index (χ1n) is 8.63. The van der Waals surface area contributed by atoms with E-state index in [1.165, 1.54) is 17.8 Å². The van der Waals surface area contributed by atoms with Crippen molar-refractivity contribution in [3.05, 3.63) is 23.2 Å². The van der Waals surface area contributed by atoms with Gasteiger partial charge >= 0.3 is 0 Å². The molecular formula is C18H22N2O3S. The molecule has 1 aliphatic carbocycles. The van der Waals surface area contributed by atoms with Crippen LogP contribution in [0.4, 0.5) is 5.69 Å². The smallest absolute Gasteiger partial charge is 0.253 e. The highest BCUT2D eigenvalue weighted by Crippen LogP contribution is 2.43. The van der Waals surface area contributed by atoms with Crippen LogP contribution in [0.5, 0.6) is 0 Å². The van der Waals surface area contributed by atoms with Gasteiger partial charge in [0.05, 0.1) is 27.9 Å². The number of hydrogen-bond donors (Lipinski definition) is 1. The zero-order valence-electron chi connectivity index (χ0n) is 13.8. The van der Waals surface area contributed by atoms with Crippen LogP contribution in [0, 0.1) is 0 Å². The maximum Gasteiger partial charge on any atom is 0.253 e. The summed E-state index contributed by atoms with van der Waals surface area (Å²) in [5.74, 6) is 0.533. The molecule has 24 heavy (non-hydrogen) atoms. The van der Waals surface area contributed by atoms with E-state index in [9.17, 15) is 4.79 Å². The molecule has 0 spiro atoms. The van der Waals surface area contributed by atoms with Crippen LogP contribution in [0.1, 0.15) is 43.5 Å². The number of amides is 1. The lowest BCUT2D eigenvalue weighted by atomic mass is 10.2. The molecule has 0 bridgehead atoms. The van der Waals surface area contributed by atoms with E-state index in [1.54, 1.807) is 18.3 Å². The number of fused-ring (bicyclic) bond motifs is 1. The van der Waals surface area contributed by atoms with Crippen LogP contribution in [-0.2, 0) is 14.3 Å². The number of anilines is 1. The maximum atomic E-state index is 12.3.